The minimum absolute atomic E-state index is 0. The molecule has 3 rings (SSSR count). The molecule has 1 aliphatic rings. The Morgan fingerprint density at radius 1 is 1.13 bits per heavy atom. The van der Waals surface area contributed by atoms with Crippen molar-refractivity contribution < 1.29 is 14.6 Å². The van der Waals surface area contributed by atoms with E-state index < -0.39 is 6.10 Å². The molecule has 1 heterocycles. The van der Waals surface area contributed by atoms with Gasteiger partial charge in [0, 0.05) is 56.0 Å². The number of carbonyl (C=O) groups excluding carboxylic acids is 1. The molecule has 6 nitrogen and oxygen atoms in total. The van der Waals surface area contributed by atoms with Crippen molar-refractivity contribution in [2.24, 2.45) is 0 Å². The number of rotatable bonds is 7. The number of benzene rings is 2. The summed E-state index contributed by atoms with van der Waals surface area (Å²) in [5.74, 6) is 0.554. The lowest BCUT2D eigenvalue weighted by atomic mass is 10.2. The fraction of sp³-hybridized carbons (Fsp3) is 0.381. The molecule has 0 saturated carbocycles. The van der Waals surface area contributed by atoms with Crippen molar-refractivity contribution in [1.29, 1.82) is 0 Å². The van der Waals surface area contributed by atoms with E-state index in [0.29, 0.717) is 12.3 Å². The van der Waals surface area contributed by atoms with Gasteiger partial charge in [0.15, 0.2) is 0 Å². The molecule has 1 unspecified atom stereocenters. The van der Waals surface area contributed by atoms with E-state index in [-0.39, 0.29) is 37.3 Å². The highest BCUT2D eigenvalue weighted by Gasteiger charge is 2.20. The first-order chi connectivity index (χ1) is 13.5. The number of hydrogen-bond acceptors (Lipinski definition) is 5. The monoisotopic (exact) mass is 475 g/mol. The van der Waals surface area contributed by atoms with Crippen molar-refractivity contribution in [3.05, 3.63) is 53.6 Å². The number of nitrogens with zero attached hydrogens (tertiary/aromatic N) is 2. The van der Waals surface area contributed by atoms with Crippen LogP contribution in [0.1, 0.15) is 6.92 Å². The van der Waals surface area contributed by atoms with Crippen LogP contribution >= 0.6 is 36.4 Å². The van der Waals surface area contributed by atoms with Gasteiger partial charge in [-0.25, -0.2) is 0 Å². The Morgan fingerprint density at radius 2 is 1.80 bits per heavy atom. The number of anilines is 2. The Kier molecular flexibility index (Phi) is 11.3. The smallest absolute Gasteiger partial charge is 0.221 e. The molecular weight excluding hydrogens is 449 g/mol. The van der Waals surface area contributed by atoms with Crippen LogP contribution in [-0.4, -0.2) is 61.3 Å². The topological polar surface area (TPSA) is 65.0 Å². The minimum atomic E-state index is -0.562. The van der Waals surface area contributed by atoms with E-state index in [9.17, 15) is 9.90 Å². The van der Waals surface area contributed by atoms with Crippen molar-refractivity contribution in [1.82, 2.24) is 4.90 Å². The molecule has 1 aliphatic heterocycles. The fourth-order valence-corrected chi connectivity index (χ4v) is 3.43. The number of amides is 1. The second kappa shape index (κ2) is 12.9. The summed E-state index contributed by atoms with van der Waals surface area (Å²) in [6.07, 6.45) is -0.562. The minimum Gasteiger partial charge on any atom is -0.491 e. The SMILES string of the molecule is CC(=O)Nc1ccc(OCC(O)CN2CCN(c3cccc(Cl)c3)CC2)cc1.Cl.Cl. The zero-order chi connectivity index (χ0) is 19.9. The lowest BCUT2D eigenvalue weighted by Crippen LogP contribution is -2.49. The second-order valence-corrected chi connectivity index (χ2v) is 7.37. The first kappa shape index (κ1) is 26.3. The molecule has 0 radical (unpaired) electrons. The van der Waals surface area contributed by atoms with Crippen LogP contribution in [0.3, 0.4) is 0 Å². The Morgan fingerprint density at radius 3 is 2.40 bits per heavy atom. The van der Waals surface area contributed by atoms with Gasteiger partial charge in [0.2, 0.25) is 5.91 Å². The van der Waals surface area contributed by atoms with Crippen molar-refractivity contribution in [3.63, 3.8) is 0 Å². The maximum atomic E-state index is 11.0. The van der Waals surface area contributed by atoms with E-state index in [4.69, 9.17) is 16.3 Å². The summed E-state index contributed by atoms with van der Waals surface area (Å²) in [4.78, 5) is 15.6. The Bertz CT molecular complexity index is 785. The number of hydrogen-bond donors (Lipinski definition) is 2. The number of aliphatic hydroxyl groups excluding tert-OH is 1. The summed E-state index contributed by atoms with van der Waals surface area (Å²) in [6, 6.07) is 15.0. The van der Waals surface area contributed by atoms with Crippen LogP contribution in [0.5, 0.6) is 5.75 Å². The van der Waals surface area contributed by atoms with E-state index >= 15 is 0 Å². The largest absolute Gasteiger partial charge is 0.491 e. The number of nitrogens with one attached hydrogen (secondary N) is 1. The van der Waals surface area contributed by atoms with Crippen molar-refractivity contribution >= 4 is 53.7 Å². The van der Waals surface area contributed by atoms with Crippen LogP contribution in [0.2, 0.25) is 5.02 Å². The third kappa shape index (κ3) is 8.20. The van der Waals surface area contributed by atoms with Crippen molar-refractivity contribution in [2.75, 3.05) is 49.5 Å². The lowest BCUT2D eigenvalue weighted by molar-refractivity contribution is -0.114. The zero-order valence-corrected chi connectivity index (χ0v) is 19.2. The van der Waals surface area contributed by atoms with Crippen molar-refractivity contribution in [3.8, 4) is 5.75 Å². The second-order valence-electron chi connectivity index (χ2n) is 6.94. The lowest BCUT2D eigenvalue weighted by Gasteiger charge is -2.36. The Balaban J connectivity index is 0.00000225. The van der Waals surface area contributed by atoms with E-state index in [0.717, 1.165) is 42.6 Å². The highest BCUT2D eigenvalue weighted by Crippen LogP contribution is 2.21. The standard InChI is InChI=1S/C21H26ClN3O3.2ClH/c1-16(26)23-18-5-7-21(8-6-18)28-15-20(27)14-24-9-11-25(12-10-24)19-4-2-3-17(22)13-19;;/h2-8,13,20,27H,9-12,14-15H2,1H3,(H,23,26);2*1H. The molecular formula is C21H28Cl3N3O3. The van der Waals surface area contributed by atoms with Gasteiger partial charge in [-0.1, -0.05) is 17.7 Å². The predicted octanol–water partition coefficient (Wildman–Crippen LogP) is 3.70. The molecule has 2 N–H and O–H groups in total. The molecule has 2 aromatic carbocycles. The number of ether oxygens (including phenoxy) is 1. The maximum Gasteiger partial charge on any atom is 0.221 e. The summed E-state index contributed by atoms with van der Waals surface area (Å²) in [6.45, 7) is 5.85. The van der Waals surface area contributed by atoms with Gasteiger partial charge in [-0.2, -0.15) is 0 Å². The summed E-state index contributed by atoms with van der Waals surface area (Å²) in [5.41, 5.74) is 1.86. The van der Waals surface area contributed by atoms with Crippen LogP contribution < -0.4 is 15.0 Å². The molecule has 30 heavy (non-hydrogen) atoms. The average Bonchev–Trinajstić information content (AvgIpc) is 2.68. The molecule has 1 amide bonds. The number of β-amino-alcohol motifs (C(OH)–C–C–N with tert-alkyl or cyclic N) is 1. The first-order valence-corrected chi connectivity index (χ1v) is 9.79. The third-order valence-corrected chi connectivity index (χ3v) is 4.87. The van der Waals surface area contributed by atoms with Gasteiger partial charge in [0.05, 0.1) is 0 Å². The molecule has 0 bridgehead atoms. The Labute approximate surface area is 195 Å². The molecule has 1 atom stereocenters. The fourth-order valence-electron chi connectivity index (χ4n) is 3.24. The van der Waals surface area contributed by atoms with Gasteiger partial charge >= 0.3 is 0 Å². The molecule has 0 spiro atoms. The van der Waals surface area contributed by atoms with E-state index in [2.05, 4.69) is 21.2 Å². The quantitative estimate of drug-likeness (QED) is 0.638. The molecule has 2 aromatic rings. The van der Waals surface area contributed by atoms with E-state index in [1.54, 1.807) is 24.3 Å². The van der Waals surface area contributed by atoms with Gasteiger partial charge < -0.3 is 20.1 Å². The predicted molar refractivity (Wildman–Crippen MR) is 127 cm³/mol. The maximum absolute atomic E-state index is 11.0. The van der Waals surface area contributed by atoms with E-state index in [1.165, 1.54) is 6.92 Å². The number of piperazine rings is 1. The highest BCUT2D eigenvalue weighted by molar-refractivity contribution is 6.30. The van der Waals surface area contributed by atoms with Crippen LogP contribution in [-0.2, 0) is 4.79 Å². The molecule has 1 saturated heterocycles. The average molecular weight is 477 g/mol. The molecule has 1 fully saturated rings. The van der Waals surface area contributed by atoms with Gasteiger partial charge in [-0.05, 0) is 42.5 Å². The van der Waals surface area contributed by atoms with Gasteiger partial charge in [-0.15, -0.1) is 24.8 Å². The van der Waals surface area contributed by atoms with Gasteiger partial charge in [-0.3, -0.25) is 9.69 Å². The normalized spacial score (nSPS) is 14.8. The third-order valence-electron chi connectivity index (χ3n) is 4.63. The molecule has 166 valence electrons. The number of halogens is 3. The van der Waals surface area contributed by atoms with Gasteiger partial charge in [0.1, 0.15) is 18.5 Å². The number of aliphatic hydroxyl groups is 1. The number of carbonyl (C=O) groups is 1. The molecule has 0 aliphatic carbocycles. The highest BCUT2D eigenvalue weighted by atomic mass is 35.5. The summed E-state index contributed by atoms with van der Waals surface area (Å²) in [5, 5.41) is 13.8. The van der Waals surface area contributed by atoms with Crippen molar-refractivity contribution in [2.45, 2.75) is 13.0 Å². The Hall–Kier alpha value is -1.70. The van der Waals surface area contributed by atoms with Crippen LogP contribution in [0.4, 0.5) is 11.4 Å². The zero-order valence-electron chi connectivity index (χ0n) is 16.8. The summed E-state index contributed by atoms with van der Waals surface area (Å²) < 4.78 is 5.66. The van der Waals surface area contributed by atoms with Crippen LogP contribution in [0, 0.1) is 0 Å². The molecule has 9 heteroatoms. The van der Waals surface area contributed by atoms with Crippen LogP contribution in [0.25, 0.3) is 0 Å². The van der Waals surface area contributed by atoms with Crippen LogP contribution in [0.15, 0.2) is 48.5 Å². The molecule has 0 aromatic heterocycles. The van der Waals surface area contributed by atoms with Gasteiger partial charge in [0.25, 0.3) is 0 Å². The summed E-state index contributed by atoms with van der Waals surface area (Å²) in [7, 11) is 0. The summed E-state index contributed by atoms with van der Waals surface area (Å²) >= 11 is 6.08. The van der Waals surface area contributed by atoms with E-state index in [1.807, 2.05) is 18.2 Å². The first-order valence-electron chi connectivity index (χ1n) is 9.41.